The normalized spacial score (nSPS) is 27.4. The van der Waals surface area contributed by atoms with Gasteiger partial charge in [0.25, 0.3) is 0 Å². The third-order valence-electron chi connectivity index (χ3n) is 4.23. The van der Waals surface area contributed by atoms with E-state index >= 15 is 0 Å². The van der Waals surface area contributed by atoms with Gasteiger partial charge in [0.2, 0.25) is 0 Å². The van der Waals surface area contributed by atoms with Crippen LogP contribution in [0.1, 0.15) is 18.4 Å². The number of carbonyl (C=O) groups is 1. The Morgan fingerprint density at radius 3 is 2.63 bits per heavy atom. The van der Waals surface area contributed by atoms with E-state index in [4.69, 9.17) is 5.11 Å². The summed E-state index contributed by atoms with van der Waals surface area (Å²) in [5.74, 6) is 1.23. The van der Waals surface area contributed by atoms with Crippen LogP contribution in [0.15, 0.2) is 30.3 Å². The van der Waals surface area contributed by atoms with Crippen LogP contribution in [0, 0.1) is 11.8 Å². The fraction of sp³-hybridized carbons (Fsp3) is 0.533. The van der Waals surface area contributed by atoms with E-state index in [1.165, 1.54) is 18.4 Å². The fourth-order valence-corrected chi connectivity index (χ4v) is 3.20. The molecule has 1 aromatic carbocycles. The molecule has 2 atom stereocenters. The number of hydrogen-bond acceptors (Lipinski definition) is 2. The summed E-state index contributed by atoms with van der Waals surface area (Å²) in [6.45, 7) is 2.77. The molecule has 102 valence electrons. The fourth-order valence-electron chi connectivity index (χ4n) is 3.20. The van der Waals surface area contributed by atoms with Gasteiger partial charge in [-0.3, -0.25) is 4.90 Å². The zero-order valence-corrected chi connectivity index (χ0v) is 11.0. The lowest BCUT2D eigenvalue weighted by Gasteiger charge is -2.17. The van der Waals surface area contributed by atoms with Crippen molar-refractivity contribution in [1.29, 1.82) is 0 Å². The SMILES string of the molecule is O=C(O)N[C@@H]1CN(Cc2ccccc2)C[C@H]1C1CC1. The van der Waals surface area contributed by atoms with Gasteiger partial charge in [-0.25, -0.2) is 4.79 Å². The molecule has 2 N–H and O–H groups in total. The number of nitrogens with zero attached hydrogens (tertiary/aromatic N) is 1. The van der Waals surface area contributed by atoms with Gasteiger partial charge in [-0.2, -0.15) is 0 Å². The van der Waals surface area contributed by atoms with Crippen LogP contribution >= 0.6 is 0 Å². The van der Waals surface area contributed by atoms with Crippen molar-refractivity contribution in [3.63, 3.8) is 0 Å². The molecule has 4 nitrogen and oxygen atoms in total. The molecule has 0 unspecified atom stereocenters. The minimum Gasteiger partial charge on any atom is -0.465 e. The summed E-state index contributed by atoms with van der Waals surface area (Å²) >= 11 is 0. The van der Waals surface area contributed by atoms with E-state index in [1.54, 1.807) is 0 Å². The topological polar surface area (TPSA) is 52.6 Å². The average Bonchev–Trinajstić information content (AvgIpc) is 3.14. The van der Waals surface area contributed by atoms with Crippen LogP contribution in [-0.4, -0.2) is 35.2 Å². The van der Waals surface area contributed by atoms with Crippen LogP contribution in [0.25, 0.3) is 0 Å². The highest BCUT2D eigenvalue weighted by molar-refractivity contribution is 5.65. The molecule has 1 saturated heterocycles. The molecule has 0 aromatic heterocycles. The van der Waals surface area contributed by atoms with Crippen molar-refractivity contribution in [3.8, 4) is 0 Å². The maximum Gasteiger partial charge on any atom is 0.404 e. The van der Waals surface area contributed by atoms with Crippen LogP contribution < -0.4 is 5.32 Å². The van der Waals surface area contributed by atoms with Crippen molar-refractivity contribution < 1.29 is 9.90 Å². The van der Waals surface area contributed by atoms with E-state index in [0.29, 0.717) is 5.92 Å². The Bertz CT molecular complexity index is 445. The van der Waals surface area contributed by atoms with Gasteiger partial charge in [0.05, 0.1) is 0 Å². The van der Waals surface area contributed by atoms with Crippen LogP contribution in [0.5, 0.6) is 0 Å². The molecule has 1 heterocycles. The lowest BCUT2D eigenvalue weighted by atomic mass is 9.98. The minimum absolute atomic E-state index is 0.105. The Kier molecular flexibility index (Phi) is 3.42. The van der Waals surface area contributed by atoms with Crippen molar-refractivity contribution in [2.45, 2.75) is 25.4 Å². The number of amides is 1. The molecule has 2 fully saturated rings. The van der Waals surface area contributed by atoms with Gasteiger partial charge in [-0.15, -0.1) is 0 Å². The van der Waals surface area contributed by atoms with Crippen LogP contribution in [0.2, 0.25) is 0 Å². The van der Waals surface area contributed by atoms with E-state index in [2.05, 4.69) is 34.5 Å². The first-order valence-electron chi connectivity index (χ1n) is 6.98. The van der Waals surface area contributed by atoms with E-state index in [-0.39, 0.29) is 6.04 Å². The number of rotatable bonds is 4. The summed E-state index contributed by atoms with van der Waals surface area (Å²) in [6, 6.07) is 10.5. The third kappa shape index (κ3) is 3.07. The van der Waals surface area contributed by atoms with Crippen LogP contribution in [0.4, 0.5) is 4.79 Å². The molecular formula is C15H20N2O2. The van der Waals surface area contributed by atoms with Gasteiger partial charge in [-0.1, -0.05) is 30.3 Å². The molecule has 3 rings (SSSR count). The number of likely N-dealkylation sites (tertiary alicyclic amines) is 1. The number of benzene rings is 1. The highest BCUT2D eigenvalue weighted by Gasteiger charge is 2.42. The Morgan fingerprint density at radius 2 is 2.00 bits per heavy atom. The smallest absolute Gasteiger partial charge is 0.404 e. The Hall–Kier alpha value is -1.55. The number of carboxylic acid groups (broad SMARTS) is 1. The molecule has 1 saturated carbocycles. The minimum atomic E-state index is -0.891. The monoisotopic (exact) mass is 260 g/mol. The first kappa shape index (κ1) is 12.5. The van der Waals surface area contributed by atoms with E-state index in [9.17, 15) is 4.79 Å². The summed E-state index contributed by atoms with van der Waals surface area (Å²) in [6.07, 6.45) is 1.64. The number of nitrogens with one attached hydrogen (secondary N) is 1. The largest absolute Gasteiger partial charge is 0.465 e. The molecule has 1 aliphatic carbocycles. The van der Waals surface area contributed by atoms with Crippen molar-refractivity contribution in [3.05, 3.63) is 35.9 Å². The Labute approximate surface area is 113 Å². The molecule has 0 spiro atoms. The van der Waals surface area contributed by atoms with Gasteiger partial charge >= 0.3 is 6.09 Å². The first-order valence-corrected chi connectivity index (χ1v) is 6.98. The van der Waals surface area contributed by atoms with E-state index < -0.39 is 6.09 Å². The zero-order valence-electron chi connectivity index (χ0n) is 11.0. The standard InChI is InChI=1S/C15H20N2O2/c18-15(19)16-14-10-17(9-13(14)12-6-7-12)8-11-4-2-1-3-5-11/h1-5,12-14,16H,6-10H2,(H,18,19)/t13-,14+/m0/s1. The second kappa shape index (κ2) is 5.21. The van der Waals surface area contributed by atoms with Gasteiger partial charge in [0.1, 0.15) is 0 Å². The Balaban J connectivity index is 1.63. The molecular weight excluding hydrogens is 240 g/mol. The summed E-state index contributed by atoms with van der Waals surface area (Å²) < 4.78 is 0. The lowest BCUT2D eigenvalue weighted by Crippen LogP contribution is -2.40. The highest BCUT2D eigenvalue weighted by Crippen LogP contribution is 2.41. The lowest BCUT2D eigenvalue weighted by molar-refractivity contribution is 0.186. The molecule has 1 aromatic rings. The molecule has 2 aliphatic rings. The maximum atomic E-state index is 10.9. The predicted molar refractivity (Wildman–Crippen MR) is 72.9 cm³/mol. The molecule has 1 amide bonds. The van der Waals surface area contributed by atoms with Gasteiger partial charge in [-0.05, 0) is 30.2 Å². The summed E-state index contributed by atoms with van der Waals surface area (Å²) in [5.41, 5.74) is 1.30. The van der Waals surface area contributed by atoms with E-state index in [0.717, 1.165) is 25.6 Å². The summed E-state index contributed by atoms with van der Waals surface area (Å²) in [7, 11) is 0. The Morgan fingerprint density at radius 1 is 1.26 bits per heavy atom. The van der Waals surface area contributed by atoms with Crippen molar-refractivity contribution >= 4 is 6.09 Å². The molecule has 4 heteroatoms. The van der Waals surface area contributed by atoms with Gasteiger partial charge < -0.3 is 10.4 Å². The maximum absolute atomic E-state index is 10.9. The van der Waals surface area contributed by atoms with Crippen molar-refractivity contribution in [1.82, 2.24) is 10.2 Å². The molecule has 1 aliphatic heterocycles. The molecule has 0 radical (unpaired) electrons. The summed E-state index contributed by atoms with van der Waals surface area (Å²) in [4.78, 5) is 13.3. The van der Waals surface area contributed by atoms with Crippen molar-refractivity contribution in [2.24, 2.45) is 11.8 Å². The second-order valence-electron chi connectivity index (χ2n) is 5.74. The van der Waals surface area contributed by atoms with Gasteiger partial charge in [0, 0.05) is 25.7 Å². The third-order valence-corrected chi connectivity index (χ3v) is 4.23. The average molecular weight is 260 g/mol. The number of hydrogen-bond donors (Lipinski definition) is 2. The van der Waals surface area contributed by atoms with Crippen molar-refractivity contribution in [2.75, 3.05) is 13.1 Å². The van der Waals surface area contributed by atoms with Crippen LogP contribution in [-0.2, 0) is 6.54 Å². The quantitative estimate of drug-likeness (QED) is 0.872. The molecule has 0 bridgehead atoms. The van der Waals surface area contributed by atoms with E-state index in [1.807, 2.05) is 6.07 Å². The van der Waals surface area contributed by atoms with Crippen LogP contribution in [0.3, 0.4) is 0 Å². The molecule has 19 heavy (non-hydrogen) atoms. The second-order valence-corrected chi connectivity index (χ2v) is 5.74. The first-order chi connectivity index (χ1) is 9.22. The van der Waals surface area contributed by atoms with Gasteiger partial charge in [0.15, 0.2) is 0 Å². The zero-order chi connectivity index (χ0) is 13.2. The summed E-state index contributed by atoms with van der Waals surface area (Å²) in [5, 5.41) is 11.6. The highest BCUT2D eigenvalue weighted by atomic mass is 16.4. The predicted octanol–water partition coefficient (Wildman–Crippen LogP) is 2.16.